The first-order valence-corrected chi connectivity index (χ1v) is 9.78. The van der Waals surface area contributed by atoms with Gasteiger partial charge in [-0.3, -0.25) is 0 Å². The Bertz CT molecular complexity index is 1250. The normalized spacial score (nSPS) is 15.4. The van der Waals surface area contributed by atoms with E-state index in [1.807, 2.05) is 6.08 Å². The van der Waals surface area contributed by atoms with Gasteiger partial charge in [0.05, 0.1) is 23.0 Å². The second kappa shape index (κ2) is 7.36. The number of ether oxygens (including phenoxy) is 1. The maximum Gasteiger partial charge on any atom is 0.416 e. The van der Waals surface area contributed by atoms with E-state index in [4.69, 9.17) is 9.68 Å². The Balaban J connectivity index is 1.31. The van der Waals surface area contributed by atoms with Gasteiger partial charge in [-0.05, 0) is 58.4 Å². The first kappa shape index (κ1) is 19.5. The van der Waals surface area contributed by atoms with Crippen LogP contribution in [-0.4, -0.2) is 15.0 Å². The molecule has 0 radical (unpaired) electrons. The summed E-state index contributed by atoms with van der Waals surface area (Å²) in [6.07, 6.45) is 2.56. The minimum atomic E-state index is -4.44. The lowest BCUT2D eigenvalue weighted by atomic mass is 10.2. The Kier molecular flexibility index (Phi) is 4.63. The van der Waals surface area contributed by atoms with Gasteiger partial charge in [-0.1, -0.05) is 0 Å². The van der Waals surface area contributed by atoms with Gasteiger partial charge in [0.25, 0.3) is 0 Å². The molecule has 11 heteroatoms. The van der Waals surface area contributed by atoms with Crippen molar-refractivity contribution in [3.05, 3.63) is 82.4 Å². The summed E-state index contributed by atoms with van der Waals surface area (Å²) in [6, 6.07) is 9.12. The van der Waals surface area contributed by atoms with Gasteiger partial charge in [-0.25, -0.2) is 15.5 Å². The van der Waals surface area contributed by atoms with Crippen LogP contribution in [0.3, 0.4) is 0 Å². The van der Waals surface area contributed by atoms with Crippen molar-refractivity contribution in [2.24, 2.45) is 0 Å². The van der Waals surface area contributed by atoms with Crippen LogP contribution in [0.5, 0.6) is 5.75 Å². The van der Waals surface area contributed by atoms with Gasteiger partial charge in [-0.15, -0.1) is 0 Å². The number of benzene rings is 2. The molecule has 0 saturated heterocycles. The maximum absolute atomic E-state index is 13.0. The van der Waals surface area contributed by atoms with E-state index in [0.29, 0.717) is 28.7 Å². The van der Waals surface area contributed by atoms with E-state index in [0.717, 1.165) is 17.8 Å². The third kappa shape index (κ3) is 3.97. The Hall–Kier alpha value is -3.44. The summed E-state index contributed by atoms with van der Waals surface area (Å²) in [7, 11) is 0. The number of aromatic amines is 1. The molecule has 7 nitrogen and oxygen atoms in total. The van der Waals surface area contributed by atoms with E-state index in [1.54, 1.807) is 47.8 Å². The number of fused-ring (bicyclic) bond motifs is 2. The topological polar surface area (TPSA) is 74.4 Å². The molecule has 0 aliphatic carbocycles. The number of hydrogen-bond donors (Lipinski definition) is 3. The van der Waals surface area contributed by atoms with E-state index in [2.05, 4.69) is 36.7 Å². The van der Waals surface area contributed by atoms with Crippen LogP contribution in [0.15, 0.2) is 76.9 Å². The highest BCUT2D eigenvalue weighted by molar-refractivity contribution is 9.10. The van der Waals surface area contributed by atoms with Crippen LogP contribution in [0.4, 0.5) is 24.8 Å². The highest BCUT2D eigenvalue weighted by Gasteiger charge is 2.31. The Morgan fingerprint density at radius 2 is 1.97 bits per heavy atom. The van der Waals surface area contributed by atoms with Crippen LogP contribution < -0.4 is 15.5 Å². The number of rotatable bonds is 4. The fourth-order valence-corrected chi connectivity index (χ4v) is 3.61. The molecule has 3 aromatic rings. The molecule has 5 rings (SSSR count). The molecule has 3 N–H and O–H groups in total. The molecule has 158 valence electrons. The first-order valence-electron chi connectivity index (χ1n) is 8.98. The number of hydrogen-bond acceptors (Lipinski definition) is 6. The molecular weight excluding hydrogens is 479 g/mol. The van der Waals surface area contributed by atoms with Gasteiger partial charge in [0.2, 0.25) is 5.95 Å². The van der Waals surface area contributed by atoms with Crippen LogP contribution in [0, 0.1) is 0 Å². The molecular formula is C20H13BrF3N5O2. The number of imidazole rings is 1. The average molecular weight is 492 g/mol. The van der Waals surface area contributed by atoms with Crippen molar-refractivity contribution in [1.29, 1.82) is 0 Å². The van der Waals surface area contributed by atoms with E-state index in [-0.39, 0.29) is 9.99 Å². The second-order valence-electron chi connectivity index (χ2n) is 6.66. The van der Waals surface area contributed by atoms with E-state index >= 15 is 0 Å². The molecule has 2 aliphatic heterocycles. The third-order valence-electron chi connectivity index (χ3n) is 4.50. The van der Waals surface area contributed by atoms with Crippen molar-refractivity contribution in [3.8, 4) is 5.75 Å². The lowest BCUT2D eigenvalue weighted by molar-refractivity contribution is -0.137. The van der Waals surface area contributed by atoms with Crippen LogP contribution in [0.1, 0.15) is 5.56 Å². The molecule has 31 heavy (non-hydrogen) atoms. The molecule has 0 saturated carbocycles. The summed E-state index contributed by atoms with van der Waals surface area (Å²) < 4.78 is 45.1. The zero-order chi connectivity index (χ0) is 21.6. The smallest absolute Gasteiger partial charge is 0.416 e. The van der Waals surface area contributed by atoms with Crippen LogP contribution in [-0.2, 0) is 11.1 Å². The number of nitrogens with one attached hydrogen (secondary N) is 3. The second-order valence-corrected chi connectivity index (χ2v) is 7.51. The van der Waals surface area contributed by atoms with Crippen LogP contribution >= 0.6 is 15.9 Å². The zero-order valence-electron chi connectivity index (χ0n) is 15.5. The lowest BCUT2D eigenvalue weighted by Crippen LogP contribution is -2.16. The van der Waals surface area contributed by atoms with Gasteiger partial charge < -0.3 is 15.0 Å². The summed E-state index contributed by atoms with van der Waals surface area (Å²) in [5.41, 5.74) is 4.05. The minimum absolute atomic E-state index is 0.260. The molecule has 2 aliphatic rings. The van der Waals surface area contributed by atoms with Gasteiger partial charge >= 0.3 is 6.18 Å². The molecule has 0 bridgehead atoms. The van der Waals surface area contributed by atoms with E-state index in [1.165, 1.54) is 0 Å². The number of hydroxylamine groups is 3. The highest BCUT2D eigenvalue weighted by atomic mass is 79.9. The monoisotopic (exact) mass is 491 g/mol. The summed E-state index contributed by atoms with van der Waals surface area (Å²) in [6.45, 7) is 0. The van der Waals surface area contributed by atoms with Crippen LogP contribution in [0.2, 0.25) is 0 Å². The van der Waals surface area contributed by atoms with Crippen molar-refractivity contribution in [3.63, 3.8) is 0 Å². The lowest BCUT2D eigenvalue weighted by Gasteiger charge is -2.17. The molecule has 1 aromatic heterocycles. The standard InChI is InChI=1S/C20H13BrF3N5O2/c21-16-7-11(20(22,23)24)8-17-18(16)28-19(27-17)26-12-1-3-14(4-2-12)30-15-5-6-29-13(9-15)10-25-31-29/h1-10,25H,(H2,26,27,28). The largest absolute Gasteiger partial charge is 0.457 e. The fraction of sp³-hybridized carbons (Fsp3) is 0.0500. The minimum Gasteiger partial charge on any atom is -0.457 e. The maximum atomic E-state index is 13.0. The van der Waals surface area contributed by atoms with Gasteiger partial charge in [0.1, 0.15) is 17.0 Å². The van der Waals surface area contributed by atoms with Gasteiger partial charge in [0.15, 0.2) is 0 Å². The first-order chi connectivity index (χ1) is 14.8. The number of nitrogens with zero attached hydrogens (tertiary/aromatic N) is 2. The zero-order valence-corrected chi connectivity index (χ0v) is 17.1. The summed E-state index contributed by atoms with van der Waals surface area (Å²) in [5.74, 6) is 1.57. The summed E-state index contributed by atoms with van der Waals surface area (Å²) >= 11 is 3.16. The van der Waals surface area contributed by atoms with E-state index in [9.17, 15) is 13.2 Å². The van der Waals surface area contributed by atoms with Crippen molar-refractivity contribution in [2.75, 3.05) is 5.32 Å². The van der Waals surface area contributed by atoms with Gasteiger partial charge in [0, 0.05) is 22.4 Å². The number of anilines is 2. The molecule has 0 atom stereocenters. The SMILES string of the molecule is FC(F)(F)c1cc(Br)c2nc(Nc3ccc(OC4=CC5=CNON5C=C4)cc3)[nH]c2c1. The summed E-state index contributed by atoms with van der Waals surface area (Å²) in [4.78, 5) is 12.3. The predicted molar refractivity (Wildman–Crippen MR) is 111 cm³/mol. The molecule has 3 heterocycles. The van der Waals surface area contributed by atoms with Crippen LogP contribution in [0.25, 0.3) is 11.0 Å². The van der Waals surface area contributed by atoms with Crippen molar-refractivity contribution in [2.45, 2.75) is 6.18 Å². The number of alkyl halides is 3. The van der Waals surface area contributed by atoms with Crippen molar-refractivity contribution in [1.82, 2.24) is 20.5 Å². The number of halogens is 4. The Labute approximate surface area is 181 Å². The number of H-pyrrole nitrogens is 1. The van der Waals surface area contributed by atoms with E-state index < -0.39 is 11.7 Å². The molecule has 0 amide bonds. The summed E-state index contributed by atoms with van der Waals surface area (Å²) in [5, 5.41) is 4.61. The Morgan fingerprint density at radius 3 is 2.74 bits per heavy atom. The third-order valence-corrected chi connectivity index (χ3v) is 5.10. The molecule has 0 spiro atoms. The fourth-order valence-electron chi connectivity index (χ4n) is 3.06. The molecule has 2 aromatic carbocycles. The quantitative estimate of drug-likeness (QED) is 0.449. The number of aromatic nitrogens is 2. The van der Waals surface area contributed by atoms with Crippen molar-refractivity contribution >= 4 is 38.6 Å². The molecule has 0 unspecified atom stereocenters. The predicted octanol–water partition coefficient (Wildman–Crippen LogP) is 5.47. The molecule has 0 fully saturated rings. The Morgan fingerprint density at radius 1 is 1.16 bits per heavy atom. The highest BCUT2D eigenvalue weighted by Crippen LogP contribution is 2.35. The average Bonchev–Trinajstić information content (AvgIpc) is 3.35. The van der Waals surface area contributed by atoms with Gasteiger partial charge in [-0.2, -0.15) is 18.1 Å². The van der Waals surface area contributed by atoms with Crippen molar-refractivity contribution < 1.29 is 22.8 Å². The number of allylic oxidation sites excluding steroid dienone is 2.